The van der Waals surface area contributed by atoms with Gasteiger partial charge < -0.3 is 11.1 Å². The van der Waals surface area contributed by atoms with Gasteiger partial charge in [0.25, 0.3) is 0 Å². The van der Waals surface area contributed by atoms with Gasteiger partial charge >= 0.3 is 0 Å². The van der Waals surface area contributed by atoms with Crippen molar-refractivity contribution in [3.05, 3.63) is 5.82 Å². The molecule has 0 bridgehead atoms. The summed E-state index contributed by atoms with van der Waals surface area (Å²) < 4.78 is 4.11. The number of rotatable bonds is 4. The number of nitrogens with one attached hydrogen (secondary N) is 1. The van der Waals surface area contributed by atoms with Crippen molar-refractivity contribution in [2.45, 2.75) is 25.8 Å². The molecule has 1 atom stereocenters. The van der Waals surface area contributed by atoms with E-state index in [0.717, 1.165) is 16.9 Å². The number of hydrogen-bond acceptors (Lipinski definition) is 5. The second kappa shape index (κ2) is 3.59. The first kappa shape index (κ1) is 8.90. The number of nitrogens with two attached hydrogens (primary N) is 1. The van der Waals surface area contributed by atoms with Crippen LogP contribution in [0.2, 0.25) is 0 Å². The van der Waals surface area contributed by atoms with Gasteiger partial charge in [0.05, 0.1) is 0 Å². The van der Waals surface area contributed by atoms with Gasteiger partial charge in [0, 0.05) is 24.1 Å². The van der Waals surface area contributed by atoms with Crippen molar-refractivity contribution in [3.8, 4) is 0 Å². The number of hydrogen-bond donors (Lipinski definition) is 2. The van der Waals surface area contributed by atoms with Gasteiger partial charge in [0.1, 0.15) is 5.82 Å². The van der Waals surface area contributed by atoms with Crippen LogP contribution in [0.25, 0.3) is 0 Å². The molecule has 0 radical (unpaired) electrons. The molecule has 1 aliphatic rings. The van der Waals surface area contributed by atoms with Crippen molar-refractivity contribution in [2.75, 3.05) is 11.9 Å². The molecule has 1 aromatic heterocycles. The molecule has 4 nitrogen and oxygen atoms in total. The summed E-state index contributed by atoms with van der Waals surface area (Å²) >= 11 is 1.41. The lowest BCUT2D eigenvalue weighted by molar-refractivity contribution is 0.644. The lowest BCUT2D eigenvalue weighted by atomic mass is 10.2. The second-order valence-corrected chi connectivity index (χ2v) is 4.22. The molecule has 13 heavy (non-hydrogen) atoms. The molecule has 1 saturated carbocycles. The van der Waals surface area contributed by atoms with Gasteiger partial charge in [-0.3, -0.25) is 0 Å². The average Bonchev–Trinajstić information content (AvgIpc) is 2.87. The molecule has 72 valence electrons. The van der Waals surface area contributed by atoms with Gasteiger partial charge in [0.2, 0.25) is 5.13 Å². The number of nitrogens with zero attached hydrogens (tertiary/aromatic N) is 2. The summed E-state index contributed by atoms with van der Waals surface area (Å²) in [6, 6.07) is 0.396. The molecule has 1 aliphatic carbocycles. The third kappa shape index (κ3) is 2.16. The Labute approximate surface area is 81.7 Å². The lowest BCUT2D eigenvalue weighted by Crippen LogP contribution is -2.30. The van der Waals surface area contributed by atoms with Crippen molar-refractivity contribution in [1.82, 2.24) is 9.36 Å². The van der Waals surface area contributed by atoms with Gasteiger partial charge in [-0.25, -0.2) is 4.98 Å². The minimum absolute atomic E-state index is 0.396. The van der Waals surface area contributed by atoms with Crippen molar-refractivity contribution in [3.63, 3.8) is 0 Å². The zero-order valence-electron chi connectivity index (χ0n) is 7.66. The maximum Gasteiger partial charge on any atom is 0.202 e. The summed E-state index contributed by atoms with van der Waals surface area (Å²) in [5, 5.41) is 4.23. The van der Waals surface area contributed by atoms with Crippen LogP contribution in [-0.4, -0.2) is 21.9 Å². The van der Waals surface area contributed by atoms with Gasteiger partial charge in [-0.1, -0.05) is 0 Å². The van der Waals surface area contributed by atoms with E-state index in [4.69, 9.17) is 5.73 Å². The van der Waals surface area contributed by atoms with Gasteiger partial charge in [-0.05, 0) is 25.7 Å². The highest BCUT2D eigenvalue weighted by atomic mass is 32.1. The van der Waals surface area contributed by atoms with E-state index in [2.05, 4.69) is 14.7 Å². The Bertz CT molecular complexity index is 281. The van der Waals surface area contributed by atoms with Crippen LogP contribution in [0.3, 0.4) is 0 Å². The van der Waals surface area contributed by atoms with Crippen LogP contribution in [0.5, 0.6) is 0 Å². The number of aromatic nitrogens is 2. The third-order valence-electron chi connectivity index (χ3n) is 2.28. The smallest absolute Gasteiger partial charge is 0.202 e. The molecule has 0 aromatic carbocycles. The van der Waals surface area contributed by atoms with Crippen LogP contribution in [0.1, 0.15) is 18.7 Å². The predicted molar refractivity (Wildman–Crippen MR) is 53.8 cm³/mol. The van der Waals surface area contributed by atoms with Crippen LogP contribution in [0.4, 0.5) is 5.13 Å². The van der Waals surface area contributed by atoms with Crippen molar-refractivity contribution >= 4 is 16.7 Å². The fourth-order valence-electron chi connectivity index (χ4n) is 1.38. The topological polar surface area (TPSA) is 63.8 Å². The molecule has 0 amide bonds. The average molecular weight is 198 g/mol. The van der Waals surface area contributed by atoms with E-state index in [1.165, 1.54) is 24.4 Å². The zero-order chi connectivity index (χ0) is 9.26. The van der Waals surface area contributed by atoms with Crippen LogP contribution in [0.15, 0.2) is 0 Å². The molecule has 5 heteroatoms. The minimum atomic E-state index is 0.396. The summed E-state index contributed by atoms with van der Waals surface area (Å²) in [5.41, 5.74) is 5.66. The highest BCUT2D eigenvalue weighted by Gasteiger charge is 2.30. The first-order valence-corrected chi connectivity index (χ1v) is 5.34. The first-order chi connectivity index (χ1) is 6.29. The van der Waals surface area contributed by atoms with Crippen LogP contribution in [0, 0.1) is 12.8 Å². The zero-order valence-corrected chi connectivity index (χ0v) is 8.47. The standard InChI is InChI=1S/C8H14N4S/c1-5-10-8(13-12-5)11-7(4-9)6-2-3-6/h6-7H,2-4,9H2,1H3,(H,10,11,12). The highest BCUT2D eigenvalue weighted by Crippen LogP contribution is 2.33. The molecule has 2 rings (SSSR count). The van der Waals surface area contributed by atoms with Gasteiger partial charge in [0.15, 0.2) is 0 Å². The Balaban J connectivity index is 1.95. The fourth-order valence-corrected chi connectivity index (χ4v) is 2.02. The summed E-state index contributed by atoms with van der Waals surface area (Å²) in [6.45, 7) is 2.58. The van der Waals surface area contributed by atoms with Crippen molar-refractivity contribution in [1.29, 1.82) is 0 Å². The lowest BCUT2D eigenvalue weighted by Gasteiger charge is -2.13. The SMILES string of the molecule is Cc1nsc(NC(CN)C2CC2)n1. The molecule has 3 N–H and O–H groups in total. The maximum atomic E-state index is 5.66. The Morgan fingerprint density at radius 3 is 2.92 bits per heavy atom. The van der Waals surface area contributed by atoms with Crippen LogP contribution in [-0.2, 0) is 0 Å². The second-order valence-electron chi connectivity index (χ2n) is 3.47. The molecule has 0 saturated heterocycles. The molecule has 1 aromatic rings. The highest BCUT2D eigenvalue weighted by molar-refractivity contribution is 7.09. The summed E-state index contributed by atoms with van der Waals surface area (Å²) in [7, 11) is 0. The minimum Gasteiger partial charge on any atom is -0.356 e. The molecular formula is C8H14N4S. The van der Waals surface area contributed by atoms with Crippen LogP contribution >= 0.6 is 11.5 Å². The number of aryl methyl sites for hydroxylation is 1. The first-order valence-electron chi connectivity index (χ1n) is 4.56. The summed E-state index contributed by atoms with van der Waals surface area (Å²) in [6.07, 6.45) is 2.60. The van der Waals surface area contributed by atoms with Gasteiger partial charge in [-0.15, -0.1) is 0 Å². The van der Waals surface area contributed by atoms with Crippen molar-refractivity contribution < 1.29 is 0 Å². The third-order valence-corrected chi connectivity index (χ3v) is 3.02. The summed E-state index contributed by atoms with van der Waals surface area (Å²) in [5.74, 6) is 1.59. The van der Waals surface area contributed by atoms with Gasteiger partial charge in [-0.2, -0.15) is 4.37 Å². The normalized spacial score (nSPS) is 18.6. The van der Waals surface area contributed by atoms with E-state index >= 15 is 0 Å². The number of anilines is 1. The Kier molecular flexibility index (Phi) is 2.46. The van der Waals surface area contributed by atoms with Crippen LogP contribution < -0.4 is 11.1 Å². The fraction of sp³-hybridized carbons (Fsp3) is 0.750. The molecule has 1 unspecified atom stereocenters. The maximum absolute atomic E-state index is 5.66. The van der Waals surface area contributed by atoms with E-state index < -0.39 is 0 Å². The van der Waals surface area contributed by atoms with E-state index in [-0.39, 0.29) is 0 Å². The molecule has 0 spiro atoms. The monoisotopic (exact) mass is 198 g/mol. The quantitative estimate of drug-likeness (QED) is 0.757. The Hall–Kier alpha value is -0.680. The van der Waals surface area contributed by atoms with E-state index in [0.29, 0.717) is 12.6 Å². The predicted octanol–water partition coefficient (Wildman–Crippen LogP) is 0.996. The van der Waals surface area contributed by atoms with E-state index in [1.54, 1.807) is 0 Å². The van der Waals surface area contributed by atoms with E-state index in [1.807, 2.05) is 6.92 Å². The molecular weight excluding hydrogens is 184 g/mol. The molecule has 0 aliphatic heterocycles. The van der Waals surface area contributed by atoms with Crippen molar-refractivity contribution in [2.24, 2.45) is 11.7 Å². The molecule has 1 heterocycles. The Morgan fingerprint density at radius 2 is 2.46 bits per heavy atom. The summed E-state index contributed by atoms with van der Waals surface area (Å²) in [4.78, 5) is 4.25. The largest absolute Gasteiger partial charge is 0.356 e. The van der Waals surface area contributed by atoms with E-state index in [9.17, 15) is 0 Å². The Morgan fingerprint density at radius 1 is 1.69 bits per heavy atom. The molecule has 1 fully saturated rings.